The number of terminal acetylenes is 1. The molecule has 0 spiro atoms. The van der Waals surface area contributed by atoms with Crippen molar-refractivity contribution in [3.8, 4) is 12.3 Å². The Labute approximate surface area is 93.5 Å². The zero-order valence-electron chi connectivity index (χ0n) is 8.80. The van der Waals surface area contributed by atoms with E-state index in [1.54, 1.807) is 24.3 Å². The van der Waals surface area contributed by atoms with E-state index in [-0.39, 0.29) is 0 Å². The molecular weight excluding hydrogens is 206 g/mol. The van der Waals surface area contributed by atoms with Crippen molar-refractivity contribution in [2.45, 2.75) is 6.92 Å². The summed E-state index contributed by atoms with van der Waals surface area (Å²) in [6.07, 6.45) is 4.98. The van der Waals surface area contributed by atoms with Gasteiger partial charge in [0.25, 0.3) is 0 Å². The van der Waals surface area contributed by atoms with Gasteiger partial charge in [-0.2, -0.15) is 0 Å². The lowest BCUT2D eigenvalue weighted by atomic mass is 10.2. The van der Waals surface area contributed by atoms with Gasteiger partial charge in [0, 0.05) is 5.69 Å². The molecule has 16 heavy (non-hydrogen) atoms. The number of anilines is 1. The maximum atomic E-state index is 11.4. The van der Waals surface area contributed by atoms with E-state index < -0.39 is 18.4 Å². The average molecular weight is 217 g/mol. The zero-order valence-corrected chi connectivity index (χ0v) is 8.80. The summed E-state index contributed by atoms with van der Waals surface area (Å²) in [5.41, 5.74) is 1.50. The van der Waals surface area contributed by atoms with Gasteiger partial charge >= 0.3 is 11.9 Å². The van der Waals surface area contributed by atoms with Crippen molar-refractivity contribution in [2.24, 2.45) is 0 Å². The maximum absolute atomic E-state index is 11.4. The van der Waals surface area contributed by atoms with Gasteiger partial charge in [0.05, 0.1) is 0 Å². The molecule has 4 heteroatoms. The highest BCUT2D eigenvalue weighted by Crippen LogP contribution is 2.14. The molecule has 0 unspecified atom stereocenters. The van der Waals surface area contributed by atoms with Gasteiger partial charge in [0.2, 0.25) is 0 Å². The molecule has 1 rings (SSSR count). The second kappa shape index (κ2) is 4.99. The van der Waals surface area contributed by atoms with Gasteiger partial charge in [-0.25, -0.2) is 0 Å². The molecule has 0 aromatic heterocycles. The molecule has 0 aliphatic carbocycles. The topological polar surface area (TPSA) is 57.6 Å². The number of carboxylic acids is 1. The first-order valence-corrected chi connectivity index (χ1v) is 4.61. The number of carbonyl (C=O) groups is 2. The Kier molecular flexibility index (Phi) is 3.67. The Bertz CT molecular complexity index is 442. The number of hydrogen-bond acceptors (Lipinski definition) is 2. The van der Waals surface area contributed by atoms with Crippen LogP contribution < -0.4 is 4.90 Å². The summed E-state index contributed by atoms with van der Waals surface area (Å²) in [6.45, 7) is 1.46. The van der Waals surface area contributed by atoms with Crippen LogP contribution >= 0.6 is 0 Å². The Morgan fingerprint density at radius 3 is 2.38 bits per heavy atom. The van der Waals surface area contributed by atoms with E-state index in [1.807, 2.05) is 12.8 Å². The quantitative estimate of drug-likeness (QED) is 0.770. The van der Waals surface area contributed by atoms with Gasteiger partial charge in [0.15, 0.2) is 0 Å². The van der Waals surface area contributed by atoms with Crippen LogP contribution in [0.4, 0.5) is 5.69 Å². The van der Waals surface area contributed by atoms with Crippen molar-refractivity contribution in [3.05, 3.63) is 29.8 Å². The Morgan fingerprint density at radius 2 is 1.94 bits per heavy atom. The molecule has 1 aromatic rings. The SMILES string of the molecule is C#CC(=O)N(CC(=O)O)c1ccc(C)cc1. The van der Waals surface area contributed by atoms with Crippen LogP contribution in [0.1, 0.15) is 5.56 Å². The fourth-order valence-corrected chi connectivity index (χ4v) is 1.22. The standard InChI is InChI=1S/C12H11NO3/c1-3-11(14)13(8-12(15)16)10-6-4-9(2)5-7-10/h1,4-7H,8H2,2H3,(H,15,16). The molecule has 0 radical (unpaired) electrons. The van der Waals surface area contributed by atoms with E-state index >= 15 is 0 Å². The fraction of sp³-hybridized carbons (Fsp3) is 0.167. The minimum atomic E-state index is -1.11. The van der Waals surface area contributed by atoms with Crippen LogP contribution in [0.15, 0.2) is 24.3 Å². The van der Waals surface area contributed by atoms with Gasteiger partial charge in [-0.3, -0.25) is 14.5 Å². The minimum Gasteiger partial charge on any atom is -0.480 e. The number of amides is 1. The normalized spacial score (nSPS) is 9.25. The lowest BCUT2D eigenvalue weighted by Crippen LogP contribution is -2.34. The molecule has 0 heterocycles. The third-order valence-electron chi connectivity index (χ3n) is 2.01. The number of aliphatic carboxylic acids is 1. The first-order chi connectivity index (χ1) is 7.54. The smallest absolute Gasteiger partial charge is 0.323 e. The molecule has 1 amide bonds. The molecule has 0 aliphatic heterocycles. The summed E-state index contributed by atoms with van der Waals surface area (Å²) in [7, 11) is 0. The van der Waals surface area contributed by atoms with Crippen LogP contribution in [0.5, 0.6) is 0 Å². The predicted octanol–water partition coefficient (Wildman–Crippen LogP) is 1.05. The van der Waals surface area contributed by atoms with Crippen LogP contribution in [0.25, 0.3) is 0 Å². The van der Waals surface area contributed by atoms with Crippen LogP contribution in [-0.4, -0.2) is 23.5 Å². The van der Waals surface area contributed by atoms with Gasteiger partial charge < -0.3 is 5.11 Å². The van der Waals surface area contributed by atoms with E-state index in [4.69, 9.17) is 11.5 Å². The summed E-state index contributed by atoms with van der Waals surface area (Å²) in [5.74, 6) is 0.139. The van der Waals surface area contributed by atoms with E-state index in [0.29, 0.717) is 5.69 Å². The van der Waals surface area contributed by atoms with Crippen molar-refractivity contribution in [3.63, 3.8) is 0 Å². The third-order valence-corrected chi connectivity index (χ3v) is 2.01. The summed E-state index contributed by atoms with van der Waals surface area (Å²) in [6, 6.07) is 6.89. The number of nitrogens with zero attached hydrogens (tertiary/aromatic N) is 1. The molecule has 0 bridgehead atoms. The number of hydrogen-bond donors (Lipinski definition) is 1. The fourth-order valence-electron chi connectivity index (χ4n) is 1.22. The molecule has 0 fully saturated rings. The molecule has 0 saturated carbocycles. The monoisotopic (exact) mass is 217 g/mol. The summed E-state index contributed by atoms with van der Waals surface area (Å²) in [5, 5.41) is 8.68. The number of rotatable bonds is 3. The summed E-state index contributed by atoms with van der Waals surface area (Å²) in [4.78, 5) is 23.0. The molecule has 0 atom stereocenters. The molecular formula is C12H11NO3. The lowest BCUT2D eigenvalue weighted by molar-refractivity contribution is -0.136. The van der Waals surface area contributed by atoms with Crippen LogP contribution in [0.2, 0.25) is 0 Å². The molecule has 82 valence electrons. The summed E-state index contributed by atoms with van der Waals surface area (Å²) >= 11 is 0. The zero-order chi connectivity index (χ0) is 12.1. The van der Waals surface area contributed by atoms with E-state index in [9.17, 15) is 9.59 Å². The van der Waals surface area contributed by atoms with Crippen LogP contribution in [-0.2, 0) is 9.59 Å². The molecule has 1 N–H and O–H groups in total. The Hall–Kier alpha value is -2.28. The van der Waals surface area contributed by atoms with Gasteiger partial charge in [-0.05, 0) is 25.0 Å². The average Bonchev–Trinajstić information content (AvgIpc) is 2.26. The number of benzene rings is 1. The largest absolute Gasteiger partial charge is 0.480 e. The van der Waals surface area contributed by atoms with Crippen molar-refractivity contribution in [1.29, 1.82) is 0 Å². The van der Waals surface area contributed by atoms with Crippen molar-refractivity contribution in [2.75, 3.05) is 11.4 Å². The second-order valence-corrected chi connectivity index (χ2v) is 3.26. The number of carbonyl (C=O) groups excluding carboxylic acids is 1. The molecule has 0 aliphatic rings. The highest BCUT2D eigenvalue weighted by atomic mass is 16.4. The maximum Gasteiger partial charge on any atom is 0.323 e. The Morgan fingerprint density at radius 1 is 1.38 bits per heavy atom. The van der Waals surface area contributed by atoms with Crippen molar-refractivity contribution >= 4 is 17.6 Å². The predicted molar refractivity (Wildman–Crippen MR) is 60.0 cm³/mol. The minimum absolute atomic E-state index is 0.438. The highest BCUT2D eigenvalue weighted by molar-refractivity contribution is 6.07. The molecule has 4 nitrogen and oxygen atoms in total. The van der Waals surface area contributed by atoms with Gasteiger partial charge in [-0.15, -0.1) is 6.42 Å². The van der Waals surface area contributed by atoms with E-state index in [0.717, 1.165) is 10.5 Å². The molecule has 1 aromatic carbocycles. The van der Waals surface area contributed by atoms with Crippen LogP contribution in [0, 0.1) is 19.3 Å². The number of carboxylic acid groups (broad SMARTS) is 1. The second-order valence-electron chi connectivity index (χ2n) is 3.26. The van der Waals surface area contributed by atoms with Crippen LogP contribution in [0.3, 0.4) is 0 Å². The van der Waals surface area contributed by atoms with Gasteiger partial charge in [0.1, 0.15) is 6.54 Å². The first-order valence-electron chi connectivity index (χ1n) is 4.61. The highest BCUT2D eigenvalue weighted by Gasteiger charge is 2.16. The van der Waals surface area contributed by atoms with Crippen molar-refractivity contribution in [1.82, 2.24) is 0 Å². The van der Waals surface area contributed by atoms with E-state index in [2.05, 4.69) is 0 Å². The summed E-state index contributed by atoms with van der Waals surface area (Å²) < 4.78 is 0. The lowest BCUT2D eigenvalue weighted by Gasteiger charge is -2.17. The van der Waals surface area contributed by atoms with E-state index in [1.165, 1.54) is 0 Å². The molecule has 0 saturated heterocycles. The first kappa shape index (κ1) is 11.8. The van der Waals surface area contributed by atoms with Gasteiger partial charge in [-0.1, -0.05) is 17.7 Å². The Balaban J connectivity index is 3.01. The number of aryl methyl sites for hydroxylation is 1. The van der Waals surface area contributed by atoms with Crippen molar-refractivity contribution < 1.29 is 14.7 Å². The third kappa shape index (κ3) is 2.85.